The summed E-state index contributed by atoms with van der Waals surface area (Å²) in [5.74, 6) is -0.313. The van der Waals surface area contributed by atoms with Crippen molar-refractivity contribution in [2.45, 2.75) is 50.4 Å². The molecule has 1 aliphatic carbocycles. The van der Waals surface area contributed by atoms with Crippen LogP contribution >= 0.6 is 0 Å². The summed E-state index contributed by atoms with van der Waals surface area (Å²) in [6.07, 6.45) is 0.170. The SMILES string of the molecule is CC(C(=O)NC1(Cc2ccccc2)CCC1)n1ccc(C(F)(F)F)n1. The second kappa shape index (κ2) is 6.54. The van der Waals surface area contributed by atoms with E-state index in [-0.39, 0.29) is 11.4 Å². The van der Waals surface area contributed by atoms with Crippen LogP contribution in [0.3, 0.4) is 0 Å². The maximum atomic E-state index is 12.7. The summed E-state index contributed by atoms with van der Waals surface area (Å²) in [4.78, 5) is 12.5. The molecule has 4 nitrogen and oxygen atoms in total. The number of nitrogens with zero attached hydrogens (tertiary/aromatic N) is 2. The Bertz CT molecular complexity index is 736. The van der Waals surface area contributed by atoms with Gasteiger partial charge in [-0.3, -0.25) is 9.48 Å². The van der Waals surface area contributed by atoms with E-state index < -0.39 is 17.9 Å². The molecule has 0 bridgehead atoms. The summed E-state index contributed by atoms with van der Waals surface area (Å²) in [6.45, 7) is 1.55. The lowest BCUT2D eigenvalue weighted by Crippen LogP contribution is -2.56. The molecule has 1 fully saturated rings. The highest BCUT2D eigenvalue weighted by atomic mass is 19.4. The van der Waals surface area contributed by atoms with Crippen molar-refractivity contribution in [3.63, 3.8) is 0 Å². The molecule has 1 aliphatic rings. The number of benzene rings is 1. The number of amides is 1. The predicted octanol–water partition coefficient (Wildman–Crippen LogP) is 3.74. The Hall–Kier alpha value is -2.31. The van der Waals surface area contributed by atoms with E-state index in [1.807, 2.05) is 30.3 Å². The number of rotatable bonds is 5. The van der Waals surface area contributed by atoms with Crippen LogP contribution in [0.2, 0.25) is 0 Å². The van der Waals surface area contributed by atoms with Crippen molar-refractivity contribution < 1.29 is 18.0 Å². The van der Waals surface area contributed by atoms with E-state index in [1.54, 1.807) is 6.92 Å². The van der Waals surface area contributed by atoms with Gasteiger partial charge in [-0.05, 0) is 44.2 Å². The largest absolute Gasteiger partial charge is 0.435 e. The number of halogens is 3. The second-order valence-corrected chi connectivity index (χ2v) is 6.64. The van der Waals surface area contributed by atoms with E-state index in [0.717, 1.165) is 42.0 Å². The Labute approximate surface area is 144 Å². The lowest BCUT2D eigenvalue weighted by molar-refractivity contribution is -0.142. The Morgan fingerprint density at radius 1 is 1.28 bits per heavy atom. The first kappa shape index (κ1) is 17.5. The average Bonchev–Trinajstić information content (AvgIpc) is 3.03. The standard InChI is InChI=1S/C18H20F3N3O/c1-13(24-11-8-15(23-24)18(19,20)21)16(25)22-17(9-5-10-17)12-14-6-3-2-4-7-14/h2-4,6-8,11,13H,5,9-10,12H2,1H3,(H,22,25). The molecule has 1 unspecified atom stereocenters. The van der Waals surface area contributed by atoms with Gasteiger partial charge in [0.1, 0.15) is 6.04 Å². The van der Waals surface area contributed by atoms with Gasteiger partial charge >= 0.3 is 6.18 Å². The summed E-state index contributed by atoms with van der Waals surface area (Å²) < 4.78 is 39.1. The van der Waals surface area contributed by atoms with Gasteiger partial charge in [0.25, 0.3) is 0 Å². The van der Waals surface area contributed by atoms with Crippen LogP contribution < -0.4 is 5.32 Å². The van der Waals surface area contributed by atoms with Gasteiger partial charge in [-0.2, -0.15) is 18.3 Å². The van der Waals surface area contributed by atoms with Gasteiger partial charge in [-0.15, -0.1) is 0 Å². The van der Waals surface area contributed by atoms with Crippen LogP contribution in [0, 0.1) is 0 Å². The summed E-state index contributed by atoms with van der Waals surface area (Å²) in [7, 11) is 0. The molecule has 0 radical (unpaired) electrons. The van der Waals surface area contributed by atoms with Crippen LogP contribution in [0.15, 0.2) is 42.6 Å². The van der Waals surface area contributed by atoms with Gasteiger partial charge < -0.3 is 5.32 Å². The quantitative estimate of drug-likeness (QED) is 0.892. The average molecular weight is 351 g/mol. The number of hydrogen-bond donors (Lipinski definition) is 1. The van der Waals surface area contributed by atoms with Crippen molar-refractivity contribution in [3.8, 4) is 0 Å². The molecule has 3 rings (SSSR count). The third kappa shape index (κ3) is 3.86. The molecule has 1 atom stereocenters. The molecule has 1 heterocycles. The second-order valence-electron chi connectivity index (χ2n) is 6.64. The lowest BCUT2D eigenvalue weighted by Gasteiger charge is -2.43. The molecule has 25 heavy (non-hydrogen) atoms. The molecule has 134 valence electrons. The van der Waals surface area contributed by atoms with Gasteiger partial charge in [0, 0.05) is 11.7 Å². The predicted molar refractivity (Wildman–Crippen MR) is 86.8 cm³/mol. The molecule has 0 aliphatic heterocycles. The zero-order chi connectivity index (χ0) is 18.1. The summed E-state index contributed by atoms with van der Waals surface area (Å²) in [5, 5.41) is 6.53. The number of hydrogen-bond acceptors (Lipinski definition) is 2. The molecule has 1 amide bonds. The molecule has 0 spiro atoms. The van der Waals surface area contributed by atoms with Crippen molar-refractivity contribution in [2.24, 2.45) is 0 Å². The Balaban J connectivity index is 1.69. The molecular weight excluding hydrogens is 331 g/mol. The highest BCUT2D eigenvalue weighted by Gasteiger charge is 2.40. The van der Waals surface area contributed by atoms with E-state index in [2.05, 4.69) is 10.4 Å². The normalized spacial score (nSPS) is 17.6. The number of alkyl halides is 3. The van der Waals surface area contributed by atoms with Gasteiger partial charge in [0.2, 0.25) is 5.91 Å². The molecule has 1 aromatic heterocycles. The first-order chi connectivity index (χ1) is 11.8. The molecule has 0 saturated heterocycles. The molecular formula is C18H20F3N3O. The summed E-state index contributed by atoms with van der Waals surface area (Å²) >= 11 is 0. The number of carbonyl (C=O) groups excluding carboxylic acids is 1. The smallest absolute Gasteiger partial charge is 0.348 e. The molecule has 1 aromatic carbocycles. The van der Waals surface area contributed by atoms with E-state index in [9.17, 15) is 18.0 Å². The van der Waals surface area contributed by atoms with Crippen molar-refractivity contribution in [3.05, 3.63) is 53.9 Å². The minimum absolute atomic E-state index is 0.313. The van der Waals surface area contributed by atoms with E-state index in [0.29, 0.717) is 0 Å². The van der Waals surface area contributed by atoms with Crippen LogP contribution in [0.1, 0.15) is 43.5 Å². The van der Waals surface area contributed by atoms with Crippen LogP contribution in [0.4, 0.5) is 13.2 Å². The fourth-order valence-corrected chi connectivity index (χ4v) is 3.13. The van der Waals surface area contributed by atoms with Crippen molar-refractivity contribution >= 4 is 5.91 Å². The highest BCUT2D eigenvalue weighted by molar-refractivity contribution is 5.80. The van der Waals surface area contributed by atoms with E-state index in [4.69, 9.17) is 0 Å². The zero-order valence-electron chi connectivity index (χ0n) is 13.9. The minimum atomic E-state index is -4.51. The topological polar surface area (TPSA) is 46.9 Å². The van der Waals surface area contributed by atoms with Crippen molar-refractivity contribution in [1.29, 1.82) is 0 Å². The summed E-state index contributed by atoms with van der Waals surface area (Å²) in [5.41, 5.74) is -0.171. The van der Waals surface area contributed by atoms with Gasteiger partial charge in [-0.25, -0.2) is 0 Å². The van der Waals surface area contributed by atoms with Crippen molar-refractivity contribution in [2.75, 3.05) is 0 Å². The lowest BCUT2D eigenvalue weighted by atomic mass is 9.72. The molecule has 1 N–H and O–H groups in total. The third-order valence-corrected chi connectivity index (χ3v) is 4.76. The molecule has 1 saturated carbocycles. The maximum absolute atomic E-state index is 12.7. The van der Waals surface area contributed by atoms with Crippen LogP contribution in [0.25, 0.3) is 0 Å². The van der Waals surface area contributed by atoms with Crippen molar-refractivity contribution in [1.82, 2.24) is 15.1 Å². The monoisotopic (exact) mass is 351 g/mol. The number of aromatic nitrogens is 2. The van der Waals surface area contributed by atoms with Gasteiger partial charge in [-0.1, -0.05) is 30.3 Å². The number of nitrogens with one attached hydrogen (secondary N) is 1. The molecule has 2 aromatic rings. The van der Waals surface area contributed by atoms with E-state index in [1.165, 1.54) is 6.20 Å². The Kier molecular flexibility index (Phi) is 4.58. The fraction of sp³-hybridized carbons (Fsp3) is 0.444. The van der Waals surface area contributed by atoms with Crippen LogP contribution in [-0.4, -0.2) is 21.2 Å². The highest BCUT2D eigenvalue weighted by Crippen LogP contribution is 2.35. The first-order valence-electron chi connectivity index (χ1n) is 8.27. The number of carbonyl (C=O) groups is 1. The zero-order valence-corrected chi connectivity index (χ0v) is 13.9. The van der Waals surface area contributed by atoms with E-state index >= 15 is 0 Å². The maximum Gasteiger partial charge on any atom is 0.435 e. The summed E-state index contributed by atoms with van der Waals surface area (Å²) in [6, 6.07) is 9.95. The minimum Gasteiger partial charge on any atom is -0.348 e. The third-order valence-electron chi connectivity index (χ3n) is 4.76. The van der Waals surface area contributed by atoms with Crippen LogP contribution in [0.5, 0.6) is 0 Å². The van der Waals surface area contributed by atoms with Gasteiger partial charge in [0.15, 0.2) is 5.69 Å². The van der Waals surface area contributed by atoms with Crippen LogP contribution in [-0.2, 0) is 17.4 Å². The van der Waals surface area contributed by atoms with Gasteiger partial charge in [0.05, 0.1) is 0 Å². The molecule has 7 heteroatoms. The Morgan fingerprint density at radius 2 is 1.96 bits per heavy atom. The fourth-order valence-electron chi connectivity index (χ4n) is 3.13. The Morgan fingerprint density at radius 3 is 2.48 bits per heavy atom. The first-order valence-corrected chi connectivity index (χ1v) is 8.27.